The van der Waals surface area contributed by atoms with Crippen molar-refractivity contribution in [2.75, 3.05) is 12.3 Å². The van der Waals surface area contributed by atoms with Gasteiger partial charge in [-0.25, -0.2) is 4.98 Å². The highest BCUT2D eigenvalue weighted by Gasteiger charge is 2.18. The Morgan fingerprint density at radius 1 is 1.41 bits per heavy atom. The van der Waals surface area contributed by atoms with E-state index in [2.05, 4.69) is 10.3 Å². The minimum atomic E-state index is -0.487. The molecule has 0 amide bonds. The Kier molecular flexibility index (Phi) is 7.46. The number of nitrogens with two attached hydrogens (primary N) is 1. The molecule has 1 aliphatic rings. The number of hydrogen-bond donors (Lipinski definition) is 3. The Morgan fingerprint density at radius 2 is 2.12 bits per heavy atom. The summed E-state index contributed by atoms with van der Waals surface area (Å²) >= 11 is 0. The number of nitrogens with zero attached hydrogens (tertiary/aromatic N) is 1. The Labute approximate surface area is 114 Å². The fraction of sp³-hybridized carbons (Fsp3) is 0.545. The van der Waals surface area contributed by atoms with Crippen LogP contribution in [0.15, 0.2) is 18.3 Å². The second-order valence-corrected chi connectivity index (χ2v) is 4.07. The van der Waals surface area contributed by atoms with Crippen molar-refractivity contribution in [2.24, 2.45) is 0 Å². The minimum absolute atomic E-state index is 0. The smallest absolute Gasteiger partial charge is 0.123 e. The highest BCUT2D eigenvalue weighted by Crippen LogP contribution is 2.19. The molecule has 4 nitrogen and oxygen atoms in total. The fourth-order valence-electron chi connectivity index (χ4n) is 1.62. The molecule has 0 radical (unpaired) electrons. The summed E-state index contributed by atoms with van der Waals surface area (Å²) in [6.45, 7) is 0.594. The molecule has 1 aromatic heterocycles. The monoisotopic (exact) mass is 279 g/mol. The van der Waals surface area contributed by atoms with E-state index >= 15 is 0 Å². The first-order valence-corrected chi connectivity index (χ1v) is 5.38. The first-order valence-electron chi connectivity index (χ1n) is 5.38. The number of pyridine rings is 1. The number of anilines is 1. The second kappa shape index (κ2) is 7.71. The van der Waals surface area contributed by atoms with Gasteiger partial charge in [0.25, 0.3) is 0 Å². The average molecular weight is 280 g/mol. The molecule has 4 N–H and O–H groups in total. The third-order valence-corrected chi connectivity index (χ3v) is 2.90. The SMILES string of the molecule is Cl.Cl.Nc1ccc([C@@H](O)CNC2CCC2)cn1. The van der Waals surface area contributed by atoms with E-state index in [0.717, 1.165) is 5.56 Å². The van der Waals surface area contributed by atoms with Crippen molar-refractivity contribution >= 4 is 30.6 Å². The van der Waals surface area contributed by atoms with Crippen LogP contribution in [0.5, 0.6) is 0 Å². The minimum Gasteiger partial charge on any atom is -0.387 e. The van der Waals surface area contributed by atoms with Crippen molar-refractivity contribution in [1.29, 1.82) is 0 Å². The first-order chi connectivity index (χ1) is 7.25. The van der Waals surface area contributed by atoms with E-state index in [-0.39, 0.29) is 24.8 Å². The number of aliphatic hydroxyl groups is 1. The van der Waals surface area contributed by atoms with Crippen molar-refractivity contribution in [3.63, 3.8) is 0 Å². The lowest BCUT2D eigenvalue weighted by atomic mass is 9.93. The zero-order valence-corrected chi connectivity index (χ0v) is 11.1. The number of aromatic nitrogens is 1. The van der Waals surface area contributed by atoms with Crippen LogP contribution in [0.4, 0.5) is 5.82 Å². The number of nitrogens with one attached hydrogen (secondary N) is 1. The molecule has 1 atom stereocenters. The summed E-state index contributed by atoms with van der Waals surface area (Å²) in [4.78, 5) is 3.95. The van der Waals surface area contributed by atoms with Gasteiger partial charge in [-0.05, 0) is 18.9 Å². The van der Waals surface area contributed by atoms with Crippen LogP contribution in [0.3, 0.4) is 0 Å². The standard InChI is InChI=1S/C11H17N3O.2ClH/c12-11-5-4-8(6-14-11)10(15)7-13-9-2-1-3-9;;/h4-6,9-10,13,15H,1-3,7H2,(H2,12,14);2*1H/t10-;;/m0../s1. The zero-order chi connectivity index (χ0) is 10.7. The number of aliphatic hydroxyl groups excluding tert-OH is 1. The molecule has 1 aliphatic carbocycles. The molecule has 0 unspecified atom stereocenters. The van der Waals surface area contributed by atoms with E-state index in [9.17, 15) is 5.11 Å². The third kappa shape index (κ3) is 4.68. The van der Waals surface area contributed by atoms with Crippen LogP contribution in [0.25, 0.3) is 0 Å². The van der Waals surface area contributed by atoms with Gasteiger partial charge < -0.3 is 16.2 Å². The lowest BCUT2D eigenvalue weighted by molar-refractivity contribution is 0.161. The van der Waals surface area contributed by atoms with Gasteiger partial charge in [-0.3, -0.25) is 0 Å². The lowest BCUT2D eigenvalue weighted by Gasteiger charge is -2.27. The summed E-state index contributed by atoms with van der Waals surface area (Å²) in [5.41, 5.74) is 6.29. The predicted molar refractivity (Wildman–Crippen MR) is 73.7 cm³/mol. The molecule has 1 fully saturated rings. The van der Waals surface area contributed by atoms with Gasteiger partial charge in [0, 0.05) is 24.3 Å². The molecule has 1 aromatic rings. The van der Waals surface area contributed by atoms with Crippen molar-refractivity contribution in [2.45, 2.75) is 31.4 Å². The molecule has 6 heteroatoms. The van der Waals surface area contributed by atoms with Crippen molar-refractivity contribution in [1.82, 2.24) is 10.3 Å². The van der Waals surface area contributed by atoms with Crippen LogP contribution in [0.1, 0.15) is 30.9 Å². The van der Waals surface area contributed by atoms with E-state index in [4.69, 9.17) is 5.73 Å². The van der Waals surface area contributed by atoms with Crippen molar-refractivity contribution < 1.29 is 5.11 Å². The molecule has 0 aliphatic heterocycles. The van der Waals surface area contributed by atoms with Crippen molar-refractivity contribution in [3.8, 4) is 0 Å². The number of rotatable bonds is 4. The van der Waals surface area contributed by atoms with E-state index in [0.29, 0.717) is 18.4 Å². The van der Waals surface area contributed by atoms with E-state index in [1.165, 1.54) is 19.3 Å². The van der Waals surface area contributed by atoms with Gasteiger partial charge in [0.15, 0.2) is 0 Å². The van der Waals surface area contributed by atoms with Crippen LogP contribution in [-0.2, 0) is 0 Å². The van der Waals surface area contributed by atoms with E-state index in [1.807, 2.05) is 6.07 Å². The fourth-order valence-corrected chi connectivity index (χ4v) is 1.62. The normalized spacial score (nSPS) is 16.3. The number of hydrogen-bond acceptors (Lipinski definition) is 4. The average Bonchev–Trinajstić information content (AvgIpc) is 2.16. The number of nitrogen functional groups attached to an aromatic ring is 1. The lowest BCUT2D eigenvalue weighted by Crippen LogP contribution is -2.37. The van der Waals surface area contributed by atoms with E-state index < -0.39 is 6.10 Å². The molecule has 1 heterocycles. The number of halogens is 2. The molecule has 1 saturated carbocycles. The topological polar surface area (TPSA) is 71.2 Å². The Bertz CT molecular complexity index is 317. The quantitative estimate of drug-likeness (QED) is 0.784. The van der Waals surface area contributed by atoms with Gasteiger partial charge in [0.05, 0.1) is 6.10 Å². The summed E-state index contributed by atoms with van der Waals surface area (Å²) < 4.78 is 0. The van der Waals surface area contributed by atoms with Gasteiger partial charge in [-0.15, -0.1) is 24.8 Å². The summed E-state index contributed by atoms with van der Waals surface area (Å²) in [7, 11) is 0. The molecule has 98 valence electrons. The van der Waals surface area contributed by atoms with Crippen LogP contribution < -0.4 is 11.1 Å². The molecule has 17 heavy (non-hydrogen) atoms. The zero-order valence-electron chi connectivity index (χ0n) is 9.50. The maximum atomic E-state index is 9.84. The van der Waals surface area contributed by atoms with E-state index in [1.54, 1.807) is 12.3 Å². The molecule has 0 aromatic carbocycles. The predicted octanol–water partition coefficient (Wildman–Crippen LogP) is 1.68. The first kappa shape index (κ1) is 16.4. The van der Waals surface area contributed by atoms with Gasteiger partial charge in [-0.2, -0.15) is 0 Å². The molecule has 2 rings (SSSR count). The van der Waals surface area contributed by atoms with Crippen LogP contribution in [0, 0.1) is 0 Å². The maximum Gasteiger partial charge on any atom is 0.123 e. The summed E-state index contributed by atoms with van der Waals surface area (Å²) in [6.07, 6.45) is 4.90. The Balaban J connectivity index is 0.00000128. The van der Waals surface area contributed by atoms with Gasteiger partial charge in [-0.1, -0.05) is 12.5 Å². The highest BCUT2D eigenvalue weighted by molar-refractivity contribution is 5.85. The summed E-state index contributed by atoms with van der Waals surface area (Å²) in [5.74, 6) is 0.484. The highest BCUT2D eigenvalue weighted by atomic mass is 35.5. The molecule has 0 saturated heterocycles. The molecular formula is C11H19Cl2N3O. The van der Waals surface area contributed by atoms with Gasteiger partial charge >= 0.3 is 0 Å². The van der Waals surface area contributed by atoms with Gasteiger partial charge in [0.2, 0.25) is 0 Å². The van der Waals surface area contributed by atoms with Crippen LogP contribution in [-0.4, -0.2) is 22.7 Å². The molecule has 0 bridgehead atoms. The maximum absolute atomic E-state index is 9.84. The summed E-state index contributed by atoms with van der Waals surface area (Å²) in [6, 6.07) is 4.12. The van der Waals surface area contributed by atoms with Crippen LogP contribution in [0.2, 0.25) is 0 Å². The third-order valence-electron chi connectivity index (χ3n) is 2.90. The van der Waals surface area contributed by atoms with Crippen LogP contribution >= 0.6 is 24.8 Å². The second-order valence-electron chi connectivity index (χ2n) is 4.07. The largest absolute Gasteiger partial charge is 0.387 e. The summed E-state index contributed by atoms with van der Waals surface area (Å²) in [5, 5.41) is 13.2. The molecule has 0 spiro atoms. The Morgan fingerprint density at radius 3 is 2.59 bits per heavy atom. The molecular weight excluding hydrogens is 261 g/mol. The van der Waals surface area contributed by atoms with Crippen molar-refractivity contribution in [3.05, 3.63) is 23.9 Å². The van der Waals surface area contributed by atoms with Gasteiger partial charge in [0.1, 0.15) is 5.82 Å². The Hall–Kier alpha value is -0.550.